The second-order valence-corrected chi connectivity index (χ2v) is 6.15. The van der Waals surface area contributed by atoms with Gasteiger partial charge in [0.05, 0.1) is 29.7 Å². The van der Waals surface area contributed by atoms with Gasteiger partial charge in [-0.1, -0.05) is 6.92 Å². The molecule has 1 aromatic heterocycles. The number of aliphatic hydroxyl groups is 1. The summed E-state index contributed by atoms with van der Waals surface area (Å²) >= 11 is 0. The highest BCUT2D eigenvalue weighted by Gasteiger charge is 2.33. The molecule has 1 N–H and O–H groups in total. The minimum Gasteiger partial charge on any atom is -0.394 e. The number of ether oxygens (including phenoxy) is 1. The smallest absolute Gasteiger partial charge is 0.0940 e. The normalized spacial score (nSPS) is 23.1. The Hall–Kier alpha value is -0.910. The summed E-state index contributed by atoms with van der Waals surface area (Å²) in [5, 5.41) is 14.0. The van der Waals surface area contributed by atoms with Gasteiger partial charge in [0.2, 0.25) is 0 Å². The number of hydrogen-bond acceptors (Lipinski definition) is 4. The van der Waals surface area contributed by atoms with Crippen molar-refractivity contribution in [2.24, 2.45) is 0 Å². The third-order valence-electron chi connectivity index (χ3n) is 3.72. The highest BCUT2D eigenvalue weighted by Crippen LogP contribution is 2.22. The minimum absolute atomic E-state index is 0.0766. The van der Waals surface area contributed by atoms with Gasteiger partial charge in [0, 0.05) is 26.2 Å². The van der Waals surface area contributed by atoms with Crippen molar-refractivity contribution >= 4 is 0 Å². The molecule has 1 aromatic rings. The summed E-state index contributed by atoms with van der Waals surface area (Å²) in [7, 11) is 0. The Labute approximate surface area is 121 Å². The van der Waals surface area contributed by atoms with E-state index in [4.69, 9.17) is 4.74 Å². The summed E-state index contributed by atoms with van der Waals surface area (Å²) in [5.41, 5.74) is 2.18. The molecule has 1 fully saturated rings. The van der Waals surface area contributed by atoms with Crippen LogP contribution in [-0.4, -0.2) is 51.2 Å². The van der Waals surface area contributed by atoms with Gasteiger partial charge in [0.25, 0.3) is 0 Å². The maximum atomic E-state index is 9.38. The van der Waals surface area contributed by atoms with Gasteiger partial charge >= 0.3 is 0 Å². The average molecular weight is 281 g/mol. The van der Waals surface area contributed by atoms with Crippen molar-refractivity contribution < 1.29 is 9.84 Å². The molecular formula is C15H27N3O2. The molecule has 5 nitrogen and oxygen atoms in total. The molecule has 114 valence electrons. The van der Waals surface area contributed by atoms with Crippen LogP contribution in [0.3, 0.4) is 0 Å². The maximum absolute atomic E-state index is 9.38. The number of aromatic nitrogens is 2. The molecular weight excluding hydrogens is 254 g/mol. The molecule has 0 amide bonds. The van der Waals surface area contributed by atoms with Gasteiger partial charge in [-0.25, -0.2) is 0 Å². The van der Waals surface area contributed by atoms with Crippen molar-refractivity contribution in [1.29, 1.82) is 0 Å². The van der Waals surface area contributed by atoms with Crippen LogP contribution in [0.4, 0.5) is 0 Å². The highest BCUT2D eigenvalue weighted by molar-refractivity contribution is 5.11. The van der Waals surface area contributed by atoms with Crippen LogP contribution in [0.1, 0.15) is 39.1 Å². The van der Waals surface area contributed by atoms with Gasteiger partial charge in [-0.3, -0.25) is 9.58 Å². The molecule has 1 atom stereocenters. The van der Waals surface area contributed by atoms with Gasteiger partial charge in [-0.05, 0) is 33.3 Å². The van der Waals surface area contributed by atoms with Crippen LogP contribution >= 0.6 is 0 Å². The molecule has 0 radical (unpaired) electrons. The van der Waals surface area contributed by atoms with Crippen LogP contribution in [0.25, 0.3) is 0 Å². The molecule has 5 heteroatoms. The second kappa shape index (κ2) is 6.24. The molecule has 1 unspecified atom stereocenters. The zero-order valence-electron chi connectivity index (χ0n) is 13.1. The number of hydrogen-bond donors (Lipinski definition) is 1. The molecule has 0 aliphatic carbocycles. The first-order valence-electron chi connectivity index (χ1n) is 7.54. The van der Waals surface area contributed by atoms with Crippen molar-refractivity contribution in [3.05, 3.63) is 17.5 Å². The van der Waals surface area contributed by atoms with Crippen LogP contribution < -0.4 is 0 Å². The van der Waals surface area contributed by atoms with E-state index in [1.165, 1.54) is 5.69 Å². The zero-order valence-corrected chi connectivity index (χ0v) is 13.1. The Morgan fingerprint density at radius 3 is 2.80 bits per heavy atom. The summed E-state index contributed by atoms with van der Waals surface area (Å²) in [6, 6.07) is 2.19. The fourth-order valence-corrected chi connectivity index (χ4v) is 2.95. The van der Waals surface area contributed by atoms with Crippen LogP contribution in [-0.2, 0) is 24.2 Å². The van der Waals surface area contributed by atoms with Crippen molar-refractivity contribution in [3.63, 3.8) is 0 Å². The van der Waals surface area contributed by atoms with E-state index in [9.17, 15) is 5.11 Å². The summed E-state index contributed by atoms with van der Waals surface area (Å²) in [4.78, 5) is 2.35. The Morgan fingerprint density at radius 2 is 2.20 bits per heavy atom. The molecule has 2 rings (SSSR count). The molecule has 1 aliphatic heterocycles. The number of morpholine rings is 1. The lowest BCUT2D eigenvalue weighted by molar-refractivity contribution is -0.151. The van der Waals surface area contributed by atoms with E-state index >= 15 is 0 Å². The molecule has 2 heterocycles. The van der Waals surface area contributed by atoms with E-state index < -0.39 is 0 Å². The predicted molar refractivity (Wildman–Crippen MR) is 78.6 cm³/mol. The van der Waals surface area contributed by atoms with Gasteiger partial charge in [0.1, 0.15) is 0 Å². The van der Waals surface area contributed by atoms with Crippen molar-refractivity contribution in [2.45, 2.75) is 58.9 Å². The van der Waals surface area contributed by atoms with Gasteiger partial charge in [-0.15, -0.1) is 0 Å². The van der Waals surface area contributed by atoms with Crippen molar-refractivity contribution in [2.75, 3.05) is 19.7 Å². The van der Waals surface area contributed by atoms with Gasteiger partial charge < -0.3 is 9.84 Å². The van der Waals surface area contributed by atoms with E-state index in [1.54, 1.807) is 0 Å². The monoisotopic (exact) mass is 281 g/mol. The van der Waals surface area contributed by atoms with E-state index in [1.807, 2.05) is 0 Å². The largest absolute Gasteiger partial charge is 0.394 e. The topological polar surface area (TPSA) is 50.5 Å². The molecule has 20 heavy (non-hydrogen) atoms. The Morgan fingerprint density at radius 1 is 1.45 bits per heavy atom. The first-order chi connectivity index (χ1) is 9.47. The predicted octanol–water partition coefficient (Wildman–Crippen LogP) is 1.44. The summed E-state index contributed by atoms with van der Waals surface area (Å²) in [6.45, 7) is 11.9. The highest BCUT2D eigenvalue weighted by atomic mass is 16.5. The fourth-order valence-electron chi connectivity index (χ4n) is 2.95. The number of nitrogens with zero attached hydrogens (tertiary/aromatic N) is 3. The van der Waals surface area contributed by atoms with Gasteiger partial charge in [-0.2, -0.15) is 5.10 Å². The lowest BCUT2D eigenvalue weighted by atomic mass is 10.1. The molecule has 0 aromatic carbocycles. The van der Waals surface area contributed by atoms with E-state index in [2.05, 4.69) is 48.4 Å². The lowest BCUT2D eigenvalue weighted by Crippen LogP contribution is -2.53. The van der Waals surface area contributed by atoms with Crippen LogP contribution in [0.5, 0.6) is 0 Å². The molecule has 0 saturated carbocycles. The standard InChI is InChI=1S/C15H27N3O2/c1-5-12-7-13(18(6-2)16-12)8-17-9-14(10-19)20-15(3,4)11-17/h7,14,19H,5-6,8-11H2,1-4H3. The van der Waals surface area contributed by atoms with Crippen molar-refractivity contribution in [1.82, 2.24) is 14.7 Å². The van der Waals surface area contributed by atoms with Crippen LogP contribution in [0, 0.1) is 0 Å². The van der Waals surface area contributed by atoms with E-state index in [0.717, 1.165) is 38.3 Å². The minimum atomic E-state index is -0.212. The number of aryl methyl sites for hydroxylation is 2. The summed E-state index contributed by atoms with van der Waals surface area (Å²) in [6.07, 6.45) is 0.871. The van der Waals surface area contributed by atoms with Crippen molar-refractivity contribution in [3.8, 4) is 0 Å². The van der Waals surface area contributed by atoms with Crippen LogP contribution in [0.15, 0.2) is 6.07 Å². The quantitative estimate of drug-likeness (QED) is 0.887. The fraction of sp³-hybridized carbons (Fsp3) is 0.800. The first kappa shape index (κ1) is 15.5. The van der Waals surface area contributed by atoms with E-state index in [-0.39, 0.29) is 18.3 Å². The van der Waals surface area contributed by atoms with Gasteiger partial charge in [0.15, 0.2) is 0 Å². The third-order valence-corrected chi connectivity index (χ3v) is 3.72. The lowest BCUT2D eigenvalue weighted by Gasteiger charge is -2.42. The summed E-state index contributed by atoms with van der Waals surface area (Å²) < 4.78 is 7.94. The molecule has 1 aliphatic rings. The molecule has 0 spiro atoms. The SMILES string of the molecule is CCc1cc(CN2CC(CO)OC(C)(C)C2)n(CC)n1. The van der Waals surface area contributed by atoms with E-state index in [0.29, 0.717) is 0 Å². The zero-order chi connectivity index (χ0) is 14.8. The second-order valence-electron chi connectivity index (χ2n) is 6.15. The Bertz CT molecular complexity index is 442. The molecule has 1 saturated heterocycles. The maximum Gasteiger partial charge on any atom is 0.0940 e. The first-order valence-corrected chi connectivity index (χ1v) is 7.54. The average Bonchev–Trinajstić information content (AvgIpc) is 2.79. The summed E-state index contributed by atoms with van der Waals surface area (Å²) in [5.74, 6) is 0. The number of aliphatic hydroxyl groups excluding tert-OH is 1. The Balaban J connectivity index is 2.10. The van der Waals surface area contributed by atoms with Crippen LogP contribution in [0.2, 0.25) is 0 Å². The Kier molecular flexibility index (Phi) is 4.83. The molecule has 0 bridgehead atoms. The third kappa shape index (κ3) is 3.59. The number of rotatable bonds is 5.